The van der Waals surface area contributed by atoms with Gasteiger partial charge in [0.2, 0.25) is 5.91 Å². The van der Waals surface area contributed by atoms with E-state index < -0.39 is 11.9 Å². The van der Waals surface area contributed by atoms with E-state index in [0.29, 0.717) is 5.69 Å². The van der Waals surface area contributed by atoms with Crippen LogP contribution in [0.1, 0.15) is 19.8 Å². The Bertz CT molecular complexity index is 403. The molecule has 5 heteroatoms. The highest BCUT2D eigenvalue weighted by Crippen LogP contribution is 2.11. The lowest BCUT2D eigenvalue weighted by atomic mass is 10.1. The van der Waals surface area contributed by atoms with Gasteiger partial charge in [0.15, 0.2) is 0 Å². The normalized spacial score (nSPS) is 11.9. The molecule has 0 fully saturated rings. The number of carbonyl (C=O) groups excluding carboxylic acids is 1. The highest BCUT2D eigenvalue weighted by Gasteiger charge is 2.12. The minimum absolute atomic E-state index is 0.130. The molecule has 0 heterocycles. The van der Waals surface area contributed by atoms with Gasteiger partial charge in [-0.2, -0.15) is 0 Å². The molecule has 1 rings (SSSR count). The molecule has 0 bridgehead atoms. The Hall–Kier alpha value is -1.91. The third kappa shape index (κ3) is 4.63. The number of carboxylic acids is 1. The summed E-state index contributed by atoms with van der Waals surface area (Å²) in [7, 11) is 0. The van der Waals surface area contributed by atoms with Crippen molar-refractivity contribution in [2.75, 3.05) is 5.32 Å². The van der Waals surface area contributed by atoms with Crippen molar-refractivity contribution in [2.24, 2.45) is 5.92 Å². The number of carbonyl (C=O) groups is 2. The molecule has 1 aromatic carbocycles. The first-order valence-electron chi connectivity index (χ1n) is 5.27. The molecule has 2 N–H and O–H groups in total. The summed E-state index contributed by atoms with van der Waals surface area (Å²) in [5, 5.41) is 11.2. The van der Waals surface area contributed by atoms with E-state index in [2.05, 4.69) is 5.32 Å². The van der Waals surface area contributed by atoms with Gasteiger partial charge in [-0.3, -0.25) is 9.59 Å². The second-order valence-electron chi connectivity index (χ2n) is 3.83. The average Bonchev–Trinajstić information content (AvgIpc) is 2.29. The molecule has 1 atom stereocenters. The first kappa shape index (κ1) is 13.2. The van der Waals surface area contributed by atoms with E-state index in [1.165, 1.54) is 24.3 Å². The number of aliphatic carboxylic acids is 1. The maximum absolute atomic E-state index is 12.6. The number of benzene rings is 1. The standard InChI is InChI=1S/C12H14FNO3/c1-8(12(16)17)2-7-11(15)14-10-5-3-9(13)4-6-10/h3-6,8H,2,7H2,1H3,(H,14,15)(H,16,17)/t8-/m0/s1. The minimum Gasteiger partial charge on any atom is -0.481 e. The summed E-state index contributed by atoms with van der Waals surface area (Å²) in [6.07, 6.45) is 0.410. The predicted molar refractivity (Wildman–Crippen MR) is 61.1 cm³/mol. The molecule has 4 nitrogen and oxygen atoms in total. The molecule has 0 spiro atoms. The maximum atomic E-state index is 12.6. The van der Waals surface area contributed by atoms with Crippen molar-refractivity contribution in [1.29, 1.82) is 0 Å². The summed E-state index contributed by atoms with van der Waals surface area (Å²) < 4.78 is 12.6. The van der Waals surface area contributed by atoms with E-state index in [1.807, 2.05) is 0 Å². The SMILES string of the molecule is C[C@@H](CCC(=O)Nc1ccc(F)cc1)C(=O)O. The van der Waals surface area contributed by atoms with Gasteiger partial charge in [-0.25, -0.2) is 4.39 Å². The molecular formula is C12H14FNO3. The zero-order valence-corrected chi connectivity index (χ0v) is 9.44. The summed E-state index contributed by atoms with van der Waals surface area (Å²) in [6.45, 7) is 1.55. The van der Waals surface area contributed by atoms with Gasteiger partial charge in [0.25, 0.3) is 0 Å². The zero-order chi connectivity index (χ0) is 12.8. The Kier molecular flexibility index (Phi) is 4.63. The number of nitrogens with one attached hydrogen (secondary N) is 1. The molecule has 1 aromatic rings. The van der Waals surface area contributed by atoms with Crippen LogP contribution in [0.15, 0.2) is 24.3 Å². The molecule has 0 saturated heterocycles. The van der Waals surface area contributed by atoms with Gasteiger partial charge in [0.05, 0.1) is 5.92 Å². The van der Waals surface area contributed by atoms with Crippen LogP contribution < -0.4 is 5.32 Å². The van der Waals surface area contributed by atoms with E-state index in [9.17, 15) is 14.0 Å². The van der Waals surface area contributed by atoms with E-state index in [1.54, 1.807) is 6.92 Å². The first-order chi connectivity index (χ1) is 7.99. The molecule has 92 valence electrons. The Morgan fingerprint density at radius 2 is 1.94 bits per heavy atom. The number of amides is 1. The van der Waals surface area contributed by atoms with Gasteiger partial charge in [-0.05, 0) is 30.7 Å². The third-order valence-electron chi connectivity index (χ3n) is 2.35. The second-order valence-corrected chi connectivity index (χ2v) is 3.83. The van der Waals surface area contributed by atoms with E-state index >= 15 is 0 Å². The van der Waals surface area contributed by atoms with Crippen LogP contribution in [0.4, 0.5) is 10.1 Å². The van der Waals surface area contributed by atoms with Gasteiger partial charge in [-0.15, -0.1) is 0 Å². The van der Waals surface area contributed by atoms with Crippen LogP contribution in [-0.4, -0.2) is 17.0 Å². The van der Waals surface area contributed by atoms with Crippen LogP contribution in [0.25, 0.3) is 0 Å². The largest absolute Gasteiger partial charge is 0.481 e. The monoisotopic (exact) mass is 239 g/mol. The highest BCUT2D eigenvalue weighted by molar-refractivity contribution is 5.90. The summed E-state index contributed by atoms with van der Waals surface area (Å²) in [4.78, 5) is 22.0. The molecule has 0 unspecified atom stereocenters. The zero-order valence-electron chi connectivity index (χ0n) is 9.44. The number of halogens is 1. The van der Waals surface area contributed by atoms with Gasteiger partial charge < -0.3 is 10.4 Å². The topological polar surface area (TPSA) is 66.4 Å². The van der Waals surface area contributed by atoms with E-state index in [0.717, 1.165) is 0 Å². The van der Waals surface area contributed by atoms with Gasteiger partial charge in [0.1, 0.15) is 5.82 Å². The van der Waals surface area contributed by atoms with Gasteiger partial charge in [0, 0.05) is 12.1 Å². The number of hydrogen-bond donors (Lipinski definition) is 2. The molecule has 1 amide bonds. The Morgan fingerprint density at radius 1 is 1.35 bits per heavy atom. The summed E-state index contributed by atoms with van der Waals surface area (Å²) in [5.41, 5.74) is 0.499. The van der Waals surface area contributed by atoms with Crippen molar-refractivity contribution in [1.82, 2.24) is 0 Å². The van der Waals surface area contributed by atoms with Crippen molar-refractivity contribution in [2.45, 2.75) is 19.8 Å². The van der Waals surface area contributed by atoms with Crippen LogP contribution in [0.3, 0.4) is 0 Å². The fourth-order valence-corrected chi connectivity index (χ4v) is 1.23. The van der Waals surface area contributed by atoms with E-state index in [4.69, 9.17) is 5.11 Å². The molecule has 17 heavy (non-hydrogen) atoms. The number of anilines is 1. The van der Waals surface area contributed by atoms with Gasteiger partial charge >= 0.3 is 5.97 Å². The van der Waals surface area contributed by atoms with Crippen molar-refractivity contribution in [3.63, 3.8) is 0 Å². The molecule has 0 aliphatic carbocycles. The fraction of sp³-hybridized carbons (Fsp3) is 0.333. The van der Waals surface area contributed by atoms with E-state index in [-0.39, 0.29) is 24.6 Å². The molecule has 0 aliphatic heterocycles. The average molecular weight is 239 g/mol. The second kappa shape index (κ2) is 5.98. The molecular weight excluding hydrogens is 225 g/mol. The van der Waals surface area contributed by atoms with Crippen molar-refractivity contribution < 1.29 is 19.1 Å². The number of rotatable bonds is 5. The summed E-state index contributed by atoms with van der Waals surface area (Å²) >= 11 is 0. The Balaban J connectivity index is 2.39. The summed E-state index contributed by atoms with van der Waals surface area (Å²) in [5.74, 6) is -2.11. The Labute approximate surface area is 98.5 Å². The predicted octanol–water partition coefficient (Wildman–Crippen LogP) is 2.27. The summed E-state index contributed by atoms with van der Waals surface area (Å²) in [6, 6.07) is 5.40. The van der Waals surface area contributed by atoms with Crippen molar-refractivity contribution in [3.05, 3.63) is 30.1 Å². The lowest BCUT2D eigenvalue weighted by Gasteiger charge is -2.07. The smallest absolute Gasteiger partial charge is 0.306 e. The molecule has 0 aromatic heterocycles. The molecule has 0 radical (unpaired) electrons. The quantitative estimate of drug-likeness (QED) is 0.828. The van der Waals surface area contributed by atoms with Crippen molar-refractivity contribution >= 4 is 17.6 Å². The van der Waals surface area contributed by atoms with Crippen molar-refractivity contribution in [3.8, 4) is 0 Å². The van der Waals surface area contributed by atoms with Crippen LogP contribution in [0.5, 0.6) is 0 Å². The number of hydrogen-bond acceptors (Lipinski definition) is 2. The minimum atomic E-state index is -0.917. The third-order valence-corrected chi connectivity index (χ3v) is 2.35. The van der Waals surface area contributed by atoms with Crippen LogP contribution in [0.2, 0.25) is 0 Å². The van der Waals surface area contributed by atoms with Gasteiger partial charge in [-0.1, -0.05) is 6.92 Å². The Morgan fingerprint density at radius 3 is 2.47 bits per heavy atom. The van der Waals surface area contributed by atoms with Crippen LogP contribution in [0, 0.1) is 11.7 Å². The van der Waals surface area contributed by atoms with Crippen LogP contribution >= 0.6 is 0 Å². The number of carboxylic acid groups (broad SMARTS) is 1. The molecule has 0 aliphatic rings. The maximum Gasteiger partial charge on any atom is 0.306 e. The lowest BCUT2D eigenvalue weighted by Crippen LogP contribution is -2.16. The highest BCUT2D eigenvalue weighted by atomic mass is 19.1. The fourth-order valence-electron chi connectivity index (χ4n) is 1.23. The first-order valence-corrected chi connectivity index (χ1v) is 5.27. The van der Waals surface area contributed by atoms with Crippen LogP contribution in [-0.2, 0) is 9.59 Å². The molecule has 0 saturated carbocycles. The lowest BCUT2D eigenvalue weighted by molar-refractivity contribution is -0.141.